The zero-order chi connectivity index (χ0) is 13.6. The Morgan fingerprint density at radius 2 is 1.72 bits per heavy atom. The second kappa shape index (κ2) is 6.91. The fourth-order valence-corrected chi connectivity index (χ4v) is 2.48. The average molecular weight is 255 g/mol. The summed E-state index contributed by atoms with van der Waals surface area (Å²) in [5, 5.41) is 3.52. The van der Waals surface area contributed by atoms with Gasteiger partial charge in [0.2, 0.25) is 0 Å². The standard InChI is InChI=1S/C16H33NO/c1-15(2,3)17-12-6-7-13-18-14-8-10-16(4,5)11-9-14/h14,17H,6-13H2,1-5H3. The average Bonchev–Trinajstić information content (AvgIpc) is 2.23. The molecule has 1 N–H and O–H groups in total. The van der Waals surface area contributed by atoms with Crippen molar-refractivity contribution in [3.63, 3.8) is 0 Å². The lowest BCUT2D eigenvalue weighted by Gasteiger charge is -2.34. The number of hydrogen-bond donors (Lipinski definition) is 1. The molecular weight excluding hydrogens is 222 g/mol. The van der Waals surface area contributed by atoms with Gasteiger partial charge in [-0.25, -0.2) is 0 Å². The summed E-state index contributed by atoms with van der Waals surface area (Å²) in [5.74, 6) is 0. The fraction of sp³-hybridized carbons (Fsp3) is 1.00. The minimum atomic E-state index is 0.246. The molecule has 2 heteroatoms. The van der Waals surface area contributed by atoms with Crippen molar-refractivity contribution < 1.29 is 4.74 Å². The number of ether oxygens (including phenoxy) is 1. The van der Waals surface area contributed by atoms with Crippen LogP contribution in [-0.2, 0) is 4.74 Å². The Kier molecular flexibility index (Phi) is 6.13. The van der Waals surface area contributed by atoms with Crippen LogP contribution < -0.4 is 5.32 Å². The number of rotatable bonds is 6. The van der Waals surface area contributed by atoms with Crippen molar-refractivity contribution in [2.24, 2.45) is 5.41 Å². The molecule has 0 bridgehead atoms. The van der Waals surface area contributed by atoms with E-state index in [0.29, 0.717) is 11.5 Å². The van der Waals surface area contributed by atoms with Gasteiger partial charge in [-0.15, -0.1) is 0 Å². The van der Waals surface area contributed by atoms with Crippen molar-refractivity contribution in [1.82, 2.24) is 5.32 Å². The molecule has 0 atom stereocenters. The third kappa shape index (κ3) is 7.38. The zero-order valence-corrected chi connectivity index (χ0v) is 13.1. The van der Waals surface area contributed by atoms with Gasteiger partial charge in [-0.3, -0.25) is 0 Å². The highest BCUT2D eigenvalue weighted by molar-refractivity contribution is 4.78. The summed E-state index contributed by atoms with van der Waals surface area (Å²) in [4.78, 5) is 0. The molecule has 0 unspecified atom stereocenters. The van der Waals surface area contributed by atoms with Crippen LogP contribution in [0.5, 0.6) is 0 Å². The van der Waals surface area contributed by atoms with E-state index >= 15 is 0 Å². The van der Waals surface area contributed by atoms with Crippen LogP contribution in [0.1, 0.15) is 73.1 Å². The number of nitrogens with one attached hydrogen (secondary N) is 1. The van der Waals surface area contributed by atoms with Crippen LogP contribution in [0.2, 0.25) is 0 Å². The summed E-state index contributed by atoms with van der Waals surface area (Å²) in [5.41, 5.74) is 0.798. The van der Waals surface area contributed by atoms with Crippen LogP contribution >= 0.6 is 0 Å². The van der Waals surface area contributed by atoms with Gasteiger partial charge >= 0.3 is 0 Å². The van der Waals surface area contributed by atoms with E-state index in [4.69, 9.17) is 4.74 Å². The first-order valence-corrected chi connectivity index (χ1v) is 7.65. The predicted molar refractivity (Wildman–Crippen MR) is 79.0 cm³/mol. The van der Waals surface area contributed by atoms with Crippen LogP contribution in [-0.4, -0.2) is 24.8 Å². The smallest absolute Gasteiger partial charge is 0.0575 e. The third-order valence-electron chi connectivity index (χ3n) is 3.87. The molecule has 1 aliphatic carbocycles. The molecule has 2 nitrogen and oxygen atoms in total. The molecule has 18 heavy (non-hydrogen) atoms. The number of hydrogen-bond acceptors (Lipinski definition) is 2. The normalized spacial score (nSPS) is 21.2. The van der Waals surface area contributed by atoms with Gasteiger partial charge in [0.1, 0.15) is 0 Å². The fourth-order valence-electron chi connectivity index (χ4n) is 2.48. The largest absolute Gasteiger partial charge is 0.378 e. The Morgan fingerprint density at radius 3 is 2.28 bits per heavy atom. The molecule has 1 aliphatic rings. The molecule has 0 heterocycles. The first-order chi connectivity index (χ1) is 8.29. The lowest BCUT2D eigenvalue weighted by Crippen LogP contribution is -2.36. The van der Waals surface area contributed by atoms with Crippen molar-refractivity contribution in [3.05, 3.63) is 0 Å². The monoisotopic (exact) mass is 255 g/mol. The maximum absolute atomic E-state index is 5.98. The highest BCUT2D eigenvalue weighted by atomic mass is 16.5. The molecule has 0 aromatic rings. The maximum Gasteiger partial charge on any atom is 0.0575 e. The SMILES string of the molecule is CC1(C)CCC(OCCCCNC(C)(C)C)CC1. The Labute approximate surface area is 114 Å². The van der Waals surface area contributed by atoms with Crippen molar-refractivity contribution in [1.29, 1.82) is 0 Å². The maximum atomic E-state index is 5.98. The van der Waals surface area contributed by atoms with Crippen molar-refractivity contribution in [2.45, 2.75) is 84.8 Å². The first-order valence-electron chi connectivity index (χ1n) is 7.65. The van der Waals surface area contributed by atoms with E-state index in [1.54, 1.807) is 0 Å². The van der Waals surface area contributed by atoms with Crippen molar-refractivity contribution in [2.75, 3.05) is 13.2 Å². The Hall–Kier alpha value is -0.0800. The van der Waals surface area contributed by atoms with Crippen LogP contribution in [0.15, 0.2) is 0 Å². The Bertz CT molecular complexity index is 220. The molecule has 0 aliphatic heterocycles. The van der Waals surface area contributed by atoms with Crippen molar-refractivity contribution in [3.8, 4) is 0 Å². The molecular formula is C16H33NO. The zero-order valence-electron chi connectivity index (χ0n) is 13.1. The van der Waals surface area contributed by atoms with Crippen LogP contribution in [0.25, 0.3) is 0 Å². The summed E-state index contributed by atoms with van der Waals surface area (Å²) in [6, 6.07) is 0. The van der Waals surface area contributed by atoms with Gasteiger partial charge < -0.3 is 10.1 Å². The summed E-state index contributed by atoms with van der Waals surface area (Å²) < 4.78 is 5.98. The van der Waals surface area contributed by atoms with Gasteiger partial charge in [0.05, 0.1) is 6.10 Å². The molecule has 108 valence electrons. The minimum Gasteiger partial charge on any atom is -0.378 e. The van der Waals surface area contributed by atoms with E-state index in [9.17, 15) is 0 Å². The van der Waals surface area contributed by atoms with Gasteiger partial charge in [-0.05, 0) is 71.3 Å². The van der Waals surface area contributed by atoms with E-state index in [0.717, 1.165) is 13.2 Å². The van der Waals surface area contributed by atoms with Gasteiger partial charge in [-0.1, -0.05) is 13.8 Å². The summed E-state index contributed by atoms with van der Waals surface area (Å²) >= 11 is 0. The predicted octanol–water partition coefficient (Wildman–Crippen LogP) is 4.14. The first kappa shape index (κ1) is 16.0. The highest BCUT2D eigenvalue weighted by Gasteiger charge is 2.26. The van der Waals surface area contributed by atoms with Gasteiger partial charge in [0, 0.05) is 12.1 Å². The molecule has 0 amide bonds. The number of unbranched alkanes of at least 4 members (excludes halogenated alkanes) is 1. The van der Waals surface area contributed by atoms with E-state index in [1.165, 1.54) is 38.5 Å². The lowest BCUT2D eigenvalue weighted by atomic mass is 9.76. The molecule has 1 fully saturated rings. The molecule has 1 rings (SSSR count). The van der Waals surface area contributed by atoms with Crippen LogP contribution in [0.4, 0.5) is 0 Å². The van der Waals surface area contributed by atoms with Gasteiger partial charge in [-0.2, -0.15) is 0 Å². The van der Waals surface area contributed by atoms with Crippen molar-refractivity contribution >= 4 is 0 Å². The molecule has 0 spiro atoms. The molecule has 0 radical (unpaired) electrons. The summed E-state index contributed by atoms with van der Waals surface area (Å²) in [6.07, 6.45) is 8.10. The second-order valence-electron chi connectivity index (χ2n) is 7.62. The minimum absolute atomic E-state index is 0.246. The van der Waals surface area contributed by atoms with Crippen LogP contribution in [0, 0.1) is 5.41 Å². The van der Waals surface area contributed by atoms with E-state index < -0.39 is 0 Å². The summed E-state index contributed by atoms with van der Waals surface area (Å²) in [6.45, 7) is 13.4. The molecule has 0 aromatic carbocycles. The molecule has 0 aromatic heterocycles. The molecule has 0 saturated heterocycles. The Balaban J connectivity index is 1.96. The Morgan fingerprint density at radius 1 is 1.11 bits per heavy atom. The van der Waals surface area contributed by atoms with Gasteiger partial charge in [0.25, 0.3) is 0 Å². The van der Waals surface area contributed by atoms with E-state index in [2.05, 4.69) is 39.9 Å². The topological polar surface area (TPSA) is 21.3 Å². The summed E-state index contributed by atoms with van der Waals surface area (Å²) in [7, 11) is 0. The quantitative estimate of drug-likeness (QED) is 0.720. The van der Waals surface area contributed by atoms with Gasteiger partial charge in [0.15, 0.2) is 0 Å². The van der Waals surface area contributed by atoms with E-state index in [1.807, 2.05) is 0 Å². The third-order valence-corrected chi connectivity index (χ3v) is 3.87. The second-order valence-corrected chi connectivity index (χ2v) is 7.62. The highest BCUT2D eigenvalue weighted by Crippen LogP contribution is 2.36. The lowest BCUT2D eigenvalue weighted by molar-refractivity contribution is 0.00283. The van der Waals surface area contributed by atoms with E-state index in [-0.39, 0.29) is 5.54 Å². The molecule has 1 saturated carbocycles. The van der Waals surface area contributed by atoms with Crippen LogP contribution in [0.3, 0.4) is 0 Å².